The van der Waals surface area contributed by atoms with Crippen molar-refractivity contribution in [1.29, 1.82) is 0 Å². The molecule has 0 saturated heterocycles. The maximum absolute atomic E-state index is 12.2. The number of nitrogens with zero attached hydrogens (tertiary/aromatic N) is 1. The maximum atomic E-state index is 12.2. The fourth-order valence-electron chi connectivity index (χ4n) is 2.50. The number of nitrogens with two attached hydrogens (primary N) is 1. The Morgan fingerprint density at radius 1 is 1.39 bits per heavy atom. The van der Waals surface area contributed by atoms with Crippen molar-refractivity contribution in [3.8, 4) is 0 Å². The van der Waals surface area contributed by atoms with E-state index in [1.807, 2.05) is 39.0 Å². The number of oxazole rings is 1. The Morgan fingerprint density at radius 3 is 2.70 bits per heavy atom. The summed E-state index contributed by atoms with van der Waals surface area (Å²) >= 11 is 0. The molecule has 0 aliphatic heterocycles. The Bertz CT molecular complexity index is 620. The summed E-state index contributed by atoms with van der Waals surface area (Å²) in [5.41, 5.74) is 7.18. The van der Waals surface area contributed by atoms with Crippen LogP contribution in [-0.2, 0) is 4.79 Å². The van der Waals surface area contributed by atoms with Crippen molar-refractivity contribution in [2.75, 3.05) is 0 Å². The fraction of sp³-hybridized carbons (Fsp3) is 0.529. The Labute approximate surface area is 136 Å². The Kier molecular flexibility index (Phi) is 5.74. The molecule has 1 aromatic heterocycles. The van der Waals surface area contributed by atoms with Gasteiger partial charge in [0.1, 0.15) is 5.52 Å². The van der Waals surface area contributed by atoms with E-state index < -0.39 is 18.2 Å². The number of hydrogen-bond acceptors (Lipinski definition) is 5. The molecule has 3 atom stereocenters. The molecule has 1 heterocycles. The van der Waals surface area contributed by atoms with Crippen molar-refractivity contribution in [2.45, 2.75) is 51.8 Å². The summed E-state index contributed by atoms with van der Waals surface area (Å²) in [4.78, 5) is 16.4. The molecule has 6 nitrogen and oxygen atoms in total. The number of aliphatic hydroxyl groups is 1. The lowest BCUT2D eigenvalue weighted by molar-refractivity contribution is -0.124. The Morgan fingerprint density at radius 2 is 2.09 bits per heavy atom. The zero-order valence-corrected chi connectivity index (χ0v) is 13.8. The van der Waals surface area contributed by atoms with Crippen LogP contribution in [-0.4, -0.2) is 28.1 Å². The van der Waals surface area contributed by atoms with Crippen molar-refractivity contribution in [3.05, 3.63) is 30.2 Å². The largest absolute Gasteiger partial charge is 0.438 e. The summed E-state index contributed by atoms with van der Waals surface area (Å²) in [7, 11) is 0. The van der Waals surface area contributed by atoms with Crippen LogP contribution in [0.15, 0.2) is 28.7 Å². The van der Waals surface area contributed by atoms with Gasteiger partial charge in [0.2, 0.25) is 11.8 Å². The average Bonchev–Trinajstić information content (AvgIpc) is 2.94. The van der Waals surface area contributed by atoms with Crippen LogP contribution in [0.1, 0.15) is 45.6 Å². The van der Waals surface area contributed by atoms with Crippen LogP contribution < -0.4 is 11.1 Å². The van der Waals surface area contributed by atoms with E-state index in [1.54, 1.807) is 6.07 Å². The van der Waals surface area contributed by atoms with E-state index >= 15 is 0 Å². The molecular formula is C17H25N3O3. The standard InChI is InChI=1S/C17H25N3O3/c1-4-12(19-16(22)11(18)9-10(2)3)15(21)17-20-13-7-5-6-8-14(13)23-17/h5-8,10-12,15,21H,4,9,18H2,1-3H3,(H,19,22). The van der Waals surface area contributed by atoms with Gasteiger partial charge in [0.05, 0.1) is 12.1 Å². The predicted octanol–water partition coefficient (Wildman–Crippen LogP) is 2.13. The molecule has 0 spiro atoms. The molecule has 3 unspecified atom stereocenters. The second-order valence-corrected chi connectivity index (χ2v) is 6.22. The lowest BCUT2D eigenvalue weighted by Gasteiger charge is -2.23. The number of fused-ring (bicyclic) bond motifs is 1. The third-order valence-electron chi connectivity index (χ3n) is 3.77. The van der Waals surface area contributed by atoms with Crippen LogP contribution in [0.25, 0.3) is 11.1 Å². The Balaban J connectivity index is 2.08. The fourth-order valence-corrected chi connectivity index (χ4v) is 2.50. The van der Waals surface area contributed by atoms with Crippen molar-refractivity contribution in [1.82, 2.24) is 10.3 Å². The molecule has 4 N–H and O–H groups in total. The molecule has 2 rings (SSSR count). The monoisotopic (exact) mass is 319 g/mol. The summed E-state index contributed by atoms with van der Waals surface area (Å²) in [5.74, 6) is 0.272. The summed E-state index contributed by atoms with van der Waals surface area (Å²) in [6.45, 7) is 5.90. The van der Waals surface area contributed by atoms with Gasteiger partial charge < -0.3 is 20.6 Å². The molecule has 0 aliphatic rings. The molecule has 0 aliphatic carbocycles. The quantitative estimate of drug-likeness (QED) is 0.725. The minimum atomic E-state index is -1.01. The van der Waals surface area contributed by atoms with Crippen LogP contribution in [0.3, 0.4) is 0 Å². The van der Waals surface area contributed by atoms with Gasteiger partial charge in [-0.3, -0.25) is 4.79 Å². The number of para-hydroxylation sites is 2. The van der Waals surface area contributed by atoms with Gasteiger partial charge in [0, 0.05) is 0 Å². The number of carbonyl (C=O) groups excluding carboxylic acids is 1. The van der Waals surface area contributed by atoms with Gasteiger partial charge in [-0.05, 0) is 30.9 Å². The summed E-state index contributed by atoms with van der Waals surface area (Å²) in [6, 6.07) is 6.22. The van der Waals surface area contributed by atoms with E-state index in [9.17, 15) is 9.90 Å². The molecule has 126 valence electrons. The smallest absolute Gasteiger partial charge is 0.237 e. The second-order valence-electron chi connectivity index (χ2n) is 6.22. The molecule has 6 heteroatoms. The van der Waals surface area contributed by atoms with Crippen LogP contribution in [0.2, 0.25) is 0 Å². The number of rotatable bonds is 7. The van der Waals surface area contributed by atoms with Crippen LogP contribution in [0, 0.1) is 5.92 Å². The molecule has 23 heavy (non-hydrogen) atoms. The van der Waals surface area contributed by atoms with Crippen molar-refractivity contribution in [2.24, 2.45) is 11.7 Å². The first-order chi connectivity index (χ1) is 10.9. The molecule has 1 amide bonds. The first kappa shape index (κ1) is 17.4. The SMILES string of the molecule is CCC(NC(=O)C(N)CC(C)C)C(O)c1nc2ccccc2o1. The van der Waals surface area contributed by atoms with Gasteiger partial charge in [0.15, 0.2) is 11.7 Å². The number of amides is 1. The Hall–Kier alpha value is -1.92. The minimum absolute atomic E-state index is 0.204. The highest BCUT2D eigenvalue weighted by Crippen LogP contribution is 2.23. The first-order valence-corrected chi connectivity index (χ1v) is 8.01. The lowest BCUT2D eigenvalue weighted by Crippen LogP contribution is -2.47. The summed E-state index contributed by atoms with van der Waals surface area (Å²) in [6.07, 6.45) is 0.129. The van der Waals surface area contributed by atoms with Crippen molar-refractivity contribution < 1.29 is 14.3 Å². The highest BCUT2D eigenvalue weighted by Gasteiger charge is 2.27. The molecule has 0 fully saturated rings. The second kappa shape index (κ2) is 7.57. The van der Waals surface area contributed by atoms with Gasteiger partial charge in [-0.25, -0.2) is 4.98 Å². The molecule has 0 bridgehead atoms. The van der Waals surface area contributed by atoms with E-state index in [1.165, 1.54) is 0 Å². The number of nitrogens with one attached hydrogen (secondary N) is 1. The average molecular weight is 319 g/mol. The van der Waals surface area contributed by atoms with E-state index in [0.29, 0.717) is 29.9 Å². The van der Waals surface area contributed by atoms with E-state index in [0.717, 1.165) is 0 Å². The zero-order valence-electron chi connectivity index (χ0n) is 13.8. The molecule has 0 saturated carbocycles. The summed E-state index contributed by atoms with van der Waals surface area (Å²) in [5, 5.41) is 13.3. The number of hydrogen-bond donors (Lipinski definition) is 3. The maximum Gasteiger partial charge on any atom is 0.237 e. The molecule has 1 aromatic carbocycles. The van der Waals surface area contributed by atoms with Gasteiger partial charge in [-0.15, -0.1) is 0 Å². The summed E-state index contributed by atoms with van der Waals surface area (Å²) < 4.78 is 5.58. The van der Waals surface area contributed by atoms with Gasteiger partial charge in [-0.2, -0.15) is 0 Å². The molecule has 2 aromatic rings. The third kappa shape index (κ3) is 4.30. The van der Waals surface area contributed by atoms with E-state index in [4.69, 9.17) is 10.2 Å². The van der Waals surface area contributed by atoms with Gasteiger partial charge in [0.25, 0.3) is 0 Å². The van der Waals surface area contributed by atoms with Crippen molar-refractivity contribution >= 4 is 17.0 Å². The van der Waals surface area contributed by atoms with Gasteiger partial charge in [-0.1, -0.05) is 32.9 Å². The minimum Gasteiger partial charge on any atom is -0.438 e. The van der Waals surface area contributed by atoms with E-state index in [2.05, 4.69) is 10.3 Å². The van der Waals surface area contributed by atoms with Crippen molar-refractivity contribution in [3.63, 3.8) is 0 Å². The van der Waals surface area contributed by atoms with Crippen LogP contribution in [0.5, 0.6) is 0 Å². The highest BCUT2D eigenvalue weighted by atomic mass is 16.4. The molecular weight excluding hydrogens is 294 g/mol. The predicted molar refractivity (Wildman–Crippen MR) is 88.6 cm³/mol. The first-order valence-electron chi connectivity index (χ1n) is 8.01. The number of benzene rings is 1. The van der Waals surface area contributed by atoms with Crippen LogP contribution >= 0.6 is 0 Å². The van der Waals surface area contributed by atoms with Crippen LogP contribution in [0.4, 0.5) is 0 Å². The third-order valence-corrected chi connectivity index (χ3v) is 3.77. The van der Waals surface area contributed by atoms with Gasteiger partial charge >= 0.3 is 0 Å². The molecule has 0 radical (unpaired) electrons. The zero-order chi connectivity index (χ0) is 17.0. The highest BCUT2D eigenvalue weighted by molar-refractivity contribution is 5.81. The number of carbonyl (C=O) groups is 1. The lowest BCUT2D eigenvalue weighted by atomic mass is 10.0. The topological polar surface area (TPSA) is 101 Å². The number of aliphatic hydroxyl groups excluding tert-OH is 1. The number of aromatic nitrogens is 1. The normalized spacial score (nSPS) is 15.6. The van der Waals surface area contributed by atoms with E-state index in [-0.39, 0.29) is 11.8 Å².